The lowest BCUT2D eigenvalue weighted by Crippen LogP contribution is -2.30. The second-order valence-electron chi connectivity index (χ2n) is 5.61. The summed E-state index contributed by atoms with van der Waals surface area (Å²) in [6.07, 6.45) is 1.18. The predicted octanol–water partition coefficient (Wildman–Crippen LogP) is 2.70. The van der Waals surface area contributed by atoms with Gasteiger partial charge >= 0.3 is 5.97 Å². The third-order valence-electron chi connectivity index (χ3n) is 3.68. The summed E-state index contributed by atoms with van der Waals surface area (Å²) < 4.78 is 5.06. The maximum atomic E-state index is 12.1. The summed E-state index contributed by atoms with van der Waals surface area (Å²) in [6, 6.07) is 8.98. The van der Waals surface area contributed by atoms with E-state index in [0.717, 1.165) is 11.3 Å². The second-order valence-corrected chi connectivity index (χ2v) is 7.78. The number of ether oxygens (including phenoxy) is 1. The van der Waals surface area contributed by atoms with Crippen LogP contribution in [0.4, 0.5) is 5.69 Å². The fourth-order valence-corrected chi connectivity index (χ4v) is 4.04. The molecule has 0 bridgehead atoms. The number of thiophene rings is 1. The van der Waals surface area contributed by atoms with E-state index in [4.69, 9.17) is 4.74 Å². The van der Waals surface area contributed by atoms with Crippen LogP contribution in [-0.2, 0) is 20.7 Å². The van der Waals surface area contributed by atoms with Crippen LogP contribution in [0.5, 0.6) is 0 Å². The van der Waals surface area contributed by atoms with E-state index >= 15 is 0 Å². The lowest BCUT2D eigenvalue weighted by Gasteiger charge is -2.09. The molecule has 0 spiro atoms. The van der Waals surface area contributed by atoms with Gasteiger partial charge in [-0.2, -0.15) is 0 Å². The summed E-state index contributed by atoms with van der Waals surface area (Å²) in [5.41, 5.74) is 0.908. The standard InChI is InChI=1S/C18H18N2O4S2/c21-16-6-9-26-15-4-3-12(10-14(15)20-16)18(23)24-11-17(22)19-7-5-13-2-1-8-25-13/h1-4,8,10H,5-7,9,11H2,(H,19,22)(H,20,21). The number of benzene rings is 1. The molecule has 0 radical (unpaired) electrons. The largest absolute Gasteiger partial charge is 0.452 e. The van der Waals surface area contributed by atoms with Crippen LogP contribution in [0.15, 0.2) is 40.6 Å². The number of amides is 2. The van der Waals surface area contributed by atoms with Crippen molar-refractivity contribution in [1.29, 1.82) is 0 Å². The molecule has 2 amide bonds. The van der Waals surface area contributed by atoms with Gasteiger partial charge in [-0.05, 0) is 36.1 Å². The molecule has 0 unspecified atom stereocenters. The third kappa shape index (κ3) is 5.09. The number of rotatable bonds is 6. The molecule has 0 saturated heterocycles. The highest BCUT2D eigenvalue weighted by Gasteiger charge is 2.17. The van der Waals surface area contributed by atoms with E-state index in [2.05, 4.69) is 10.6 Å². The van der Waals surface area contributed by atoms with Crippen LogP contribution in [0.1, 0.15) is 21.7 Å². The van der Waals surface area contributed by atoms with E-state index in [-0.39, 0.29) is 18.4 Å². The molecule has 1 aliphatic heterocycles. The number of carbonyl (C=O) groups is 3. The zero-order chi connectivity index (χ0) is 18.4. The lowest BCUT2D eigenvalue weighted by molar-refractivity contribution is -0.124. The average Bonchev–Trinajstić information content (AvgIpc) is 3.07. The van der Waals surface area contributed by atoms with E-state index in [9.17, 15) is 14.4 Å². The van der Waals surface area contributed by atoms with Crippen LogP contribution in [-0.4, -0.2) is 36.7 Å². The van der Waals surface area contributed by atoms with Crippen LogP contribution >= 0.6 is 23.1 Å². The number of hydrogen-bond donors (Lipinski definition) is 2. The van der Waals surface area contributed by atoms with Crippen LogP contribution in [0.3, 0.4) is 0 Å². The summed E-state index contributed by atoms with van der Waals surface area (Å²) in [7, 11) is 0. The van der Waals surface area contributed by atoms with Gasteiger partial charge in [0.2, 0.25) is 5.91 Å². The Hall–Kier alpha value is -2.32. The van der Waals surface area contributed by atoms with Crippen molar-refractivity contribution < 1.29 is 19.1 Å². The molecule has 3 rings (SSSR count). The number of anilines is 1. The molecule has 2 aromatic rings. The van der Waals surface area contributed by atoms with E-state index in [0.29, 0.717) is 30.0 Å². The van der Waals surface area contributed by atoms with Crippen LogP contribution in [0.25, 0.3) is 0 Å². The van der Waals surface area contributed by atoms with Crippen molar-refractivity contribution in [3.05, 3.63) is 46.2 Å². The molecule has 8 heteroatoms. The fraction of sp³-hybridized carbons (Fsp3) is 0.278. The molecule has 1 aromatic carbocycles. The monoisotopic (exact) mass is 390 g/mol. The van der Waals surface area contributed by atoms with Gasteiger partial charge in [0.05, 0.1) is 11.3 Å². The van der Waals surface area contributed by atoms with Crippen LogP contribution in [0.2, 0.25) is 0 Å². The molecule has 26 heavy (non-hydrogen) atoms. The van der Waals surface area contributed by atoms with Gasteiger partial charge in [0.1, 0.15) is 0 Å². The minimum atomic E-state index is -0.593. The van der Waals surface area contributed by atoms with Crippen molar-refractivity contribution in [2.45, 2.75) is 17.7 Å². The highest BCUT2D eigenvalue weighted by molar-refractivity contribution is 7.99. The van der Waals surface area contributed by atoms with Gasteiger partial charge in [0.15, 0.2) is 6.61 Å². The first kappa shape index (κ1) is 18.5. The van der Waals surface area contributed by atoms with E-state index in [1.807, 2.05) is 17.5 Å². The number of nitrogens with one attached hydrogen (secondary N) is 2. The fourth-order valence-electron chi connectivity index (χ4n) is 2.39. The summed E-state index contributed by atoms with van der Waals surface area (Å²) in [5.74, 6) is -0.307. The maximum Gasteiger partial charge on any atom is 0.338 e. The van der Waals surface area contributed by atoms with Crippen molar-refractivity contribution in [1.82, 2.24) is 5.32 Å². The molecule has 0 atom stereocenters. The molecule has 136 valence electrons. The second kappa shape index (κ2) is 8.86. The van der Waals surface area contributed by atoms with Gasteiger partial charge in [-0.15, -0.1) is 23.1 Å². The molecular weight excluding hydrogens is 372 g/mol. The van der Waals surface area contributed by atoms with Crippen molar-refractivity contribution in [3.63, 3.8) is 0 Å². The summed E-state index contributed by atoms with van der Waals surface area (Å²) in [6.45, 7) is 0.167. The van der Waals surface area contributed by atoms with Crippen molar-refractivity contribution in [3.8, 4) is 0 Å². The Morgan fingerprint density at radius 1 is 1.27 bits per heavy atom. The zero-order valence-corrected chi connectivity index (χ0v) is 15.6. The quantitative estimate of drug-likeness (QED) is 0.741. The van der Waals surface area contributed by atoms with Gasteiger partial charge in [0.25, 0.3) is 5.91 Å². The normalized spacial score (nSPS) is 13.3. The Balaban J connectivity index is 1.48. The molecule has 0 saturated carbocycles. The Labute approximate surface area is 159 Å². The van der Waals surface area contributed by atoms with Crippen molar-refractivity contribution in [2.24, 2.45) is 0 Å². The van der Waals surface area contributed by atoms with E-state index < -0.39 is 5.97 Å². The Morgan fingerprint density at radius 3 is 2.96 bits per heavy atom. The number of carbonyl (C=O) groups excluding carboxylic acids is 3. The van der Waals surface area contributed by atoms with Gasteiger partial charge in [-0.25, -0.2) is 4.79 Å². The van der Waals surface area contributed by atoms with Crippen LogP contribution < -0.4 is 10.6 Å². The maximum absolute atomic E-state index is 12.1. The summed E-state index contributed by atoms with van der Waals surface area (Å²) in [5, 5.41) is 7.49. The summed E-state index contributed by atoms with van der Waals surface area (Å²) in [4.78, 5) is 37.7. The van der Waals surface area contributed by atoms with Gasteiger partial charge in [0, 0.05) is 28.5 Å². The third-order valence-corrected chi connectivity index (χ3v) is 5.70. The minimum Gasteiger partial charge on any atom is -0.452 e. The van der Waals surface area contributed by atoms with Crippen molar-refractivity contribution >= 4 is 46.6 Å². The highest BCUT2D eigenvalue weighted by Crippen LogP contribution is 2.31. The molecule has 2 heterocycles. The molecule has 6 nitrogen and oxygen atoms in total. The smallest absolute Gasteiger partial charge is 0.338 e. The summed E-state index contributed by atoms with van der Waals surface area (Å²) >= 11 is 3.20. The first-order valence-corrected chi connectivity index (χ1v) is 10.0. The van der Waals surface area contributed by atoms with Gasteiger partial charge < -0.3 is 15.4 Å². The number of thioether (sulfide) groups is 1. The molecule has 1 aliphatic rings. The topological polar surface area (TPSA) is 84.5 Å². The first-order valence-electron chi connectivity index (χ1n) is 8.15. The zero-order valence-electron chi connectivity index (χ0n) is 13.9. The Morgan fingerprint density at radius 2 is 2.15 bits per heavy atom. The number of esters is 1. The number of hydrogen-bond acceptors (Lipinski definition) is 6. The Bertz CT molecular complexity index is 806. The molecule has 0 aliphatic carbocycles. The average molecular weight is 390 g/mol. The molecule has 2 N–H and O–H groups in total. The van der Waals surface area contributed by atoms with E-state index in [1.54, 1.807) is 41.3 Å². The van der Waals surface area contributed by atoms with Crippen LogP contribution in [0, 0.1) is 0 Å². The van der Waals surface area contributed by atoms with E-state index in [1.165, 1.54) is 4.88 Å². The minimum absolute atomic E-state index is 0.0770. The molecule has 1 aromatic heterocycles. The first-order chi connectivity index (χ1) is 12.6. The van der Waals surface area contributed by atoms with Gasteiger partial charge in [-0.3, -0.25) is 9.59 Å². The SMILES string of the molecule is O=C(COC(=O)c1ccc2c(c1)NC(=O)CCS2)NCCc1cccs1. The predicted molar refractivity (Wildman–Crippen MR) is 102 cm³/mol. The number of fused-ring (bicyclic) bond motifs is 1. The molecule has 0 fully saturated rings. The Kier molecular flexibility index (Phi) is 6.30. The van der Waals surface area contributed by atoms with Crippen molar-refractivity contribution in [2.75, 3.05) is 24.2 Å². The highest BCUT2D eigenvalue weighted by atomic mass is 32.2. The van der Waals surface area contributed by atoms with Gasteiger partial charge in [-0.1, -0.05) is 6.07 Å². The lowest BCUT2D eigenvalue weighted by atomic mass is 10.2. The molecular formula is C18H18N2O4S2.